The van der Waals surface area contributed by atoms with E-state index in [2.05, 4.69) is 11.4 Å². The van der Waals surface area contributed by atoms with E-state index in [1.165, 1.54) is 5.56 Å². The highest BCUT2D eigenvalue weighted by Gasteiger charge is 2.03. The molecule has 21 heavy (non-hydrogen) atoms. The monoisotopic (exact) mass is 341 g/mol. The Labute approximate surface area is 139 Å². The number of hydrogen-bond donors (Lipinski definition) is 1. The van der Waals surface area contributed by atoms with Crippen LogP contribution in [0.3, 0.4) is 0 Å². The molecule has 0 saturated heterocycles. The zero-order chi connectivity index (χ0) is 15.1. The van der Waals surface area contributed by atoms with Crippen molar-refractivity contribution >= 4 is 35.0 Å². The molecule has 5 heteroatoms. The van der Waals surface area contributed by atoms with Crippen LogP contribution in [-0.2, 0) is 6.54 Å². The molecule has 2 aromatic rings. The summed E-state index contributed by atoms with van der Waals surface area (Å²) in [6.07, 6.45) is 0. The zero-order valence-electron chi connectivity index (χ0n) is 11.7. The Hall–Kier alpha value is -0.870. The molecule has 0 aliphatic heterocycles. The van der Waals surface area contributed by atoms with Crippen LogP contribution in [0, 0.1) is 0 Å². The molecule has 2 rings (SSSR count). The van der Waals surface area contributed by atoms with Crippen molar-refractivity contribution in [1.29, 1.82) is 0 Å². The molecule has 0 aromatic heterocycles. The molecule has 0 saturated carbocycles. The first kappa shape index (κ1) is 16.5. The molecule has 0 amide bonds. The average Bonchev–Trinajstić information content (AvgIpc) is 2.48. The lowest BCUT2D eigenvalue weighted by Crippen LogP contribution is -2.05. The minimum absolute atomic E-state index is 0.622. The minimum Gasteiger partial charge on any atom is -0.493 e. The summed E-state index contributed by atoms with van der Waals surface area (Å²) < 4.78 is 5.76. The molecule has 0 unspecified atom stereocenters. The van der Waals surface area contributed by atoms with E-state index in [9.17, 15) is 0 Å². The average molecular weight is 342 g/mol. The highest BCUT2D eigenvalue weighted by atomic mass is 35.5. The normalized spacial score (nSPS) is 10.6. The van der Waals surface area contributed by atoms with Crippen molar-refractivity contribution in [3.63, 3.8) is 0 Å². The van der Waals surface area contributed by atoms with Crippen molar-refractivity contribution in [2.75, 3.05) is 19.4 Å². The molecule has 0 spiro atoms. The van der Waals surface area contributed by atoms with Gasteiger partial charge < -0.3 is 10.1 Å². The Morgan fingerprint density at radius 3 is 2.81 bits per heavy atom. The van der Waals surface area contributed by atoms with Gasteiger partial charge in [-0.3, -0.25) is 0 Å². The van der Waals surface area contributed by atoms with Crippen molar-refractivity contribution in [3.05, 3.63) is 58.1 Å². The number of rotatable bonds is 7. The molecule has 0 bridgehead atoms. The Morgan fingerprint density at radius 2 is 2.00 bits per heavy atom. The molecule has 0 radical (unpaired) electrons. The maximum atomic E-state index is 6.12. The third kappa shape index (κ3) is 5.44. The summed E-state index contributed by atoms with van der Waals surface area (Å²) in [5, 5.41) is 4.54. The minimum atomic E-state index is 0.622. The van der Waals surface area contributed by atoms with Crippen LogP contribution in [0.2, 0.25) is 10.0 Å². The summed E-state index contributed by atoms with van der Waals surface area (Å²) in [6, 6.07) is 13.6. The van der Waals surface area contributed by atoms with Gasteiger partial charge in [0.05, 0.1) is 11.6 Å². The standard InChI is InChI=1S/C16H17Cl2NOS/c1-19-11-12-3-2-4-14(9-12)20-7-8-21-16-10-13(17)5-6-15(16)18/h2-6,9-10,19H,7-8,11H2,1H3. The van der Waals surface area contributed by atoms with Gasteiger partial charge >= 0.3 is 0 Å². The van der Waals surface area contributed by atoms with Crippen LogP contribution < -0.4 is 10.1 Å². The van der Waals surface area contributed by atoms with Crippen LogP contribution >= 0.6 is 35.0 Å². The molecule has 2 aromatic carbocycles. The van der Waals surface area contributed by atoms with Gasteiger partial charge in [-0.05, 0) is 42.9 Å². The Balaban J connectivity index is 1.81. The van der Waals surface area contributed by atoms with Gasteiger partial charge in [0.2, 0.25) is 0 Å². The molecule has 0 aliphatic rings. The van der Waals surface area contributed by atoms with Crippen LogP contribution in [0.15, 0.2) is 47.4 Å². The topological polar surface area (TPSA) is 21.3 Å². The second-order valence-corrected chi connectivity index (χ2v) is 6.43. The molecule has 0 aliphatic carbocycles. The maximum Gasteiger partial charge on any atom is 0.119 e. The molecule has 112 valence electrons. The Kier molecular flexibility index (Phi) is 6.71. The number of ether oxygens (including phenoxy) is 1. The van der Waals surface area contributed by atoms with Crippen molar-refractivity contribution in [3.8, 4) is 5.75 Å². The van der Waals surface area contributed by atoms with Crippen LogP contribution in [0.25, 0.3) is 0 Å². The molecule has 0 atom stereocenters. The first-order valence-electron chi connectivity index (χ1n) is 6.63. The van der Waals surface area contributed by atoms with Gasteiger partial charge in [0.25, 0.3) is 0 Å². The van der Waals surface area contributed by atoms with E-state index < -0.39 is 0 Å². The van der Waals surface area contributed by atoms with E-state index in [-0.39, 0.29) is 0 Å². The number of halogens is 2. The molecule has 0 heterocycles. The third-order valence-corrected chi connectivity index (χ3v) is 4.48. The number of hydrogen-bond acceptors (Lipinski definition) is 3. The number of benzene rings is 2. The number of thioether (sulfide) groups is 1. The fraction of sp³-hybridized carbons (Fsp3) is 0.250. The molecule has 1 N–H and O–H groups in total. The summed E-state index contributed by atoms with van der Waals surface area (Å²) >= 11 is 13.7. The zero-order valence-corrected chi connectivity index (χ0v) is 14.1. The van der Waals surface area contributed by atoms with E-state index in [1.54, 1.807) is 17.8 Å². The van der Waals surface area contributed by atoms with Crippen LogP contribution in [0.4, 0.5) is 0 Å². The van der Waals surface area contributed by atoms with Crippen molar-refractivity contribution in [2.45, 2.75) is 11.4 Å². The molecule has 2 nitrogen and oxygen atoms in total. The van der Waals surface area contributed by atoms with E-state index in [4.69, 9.17) is 27.9 Å². The fourth-order valence-corrected chi connectivity index (χ4v) is 3.17. The largest absolute Gasteiger partial charge is 0.493 e. The van der Waals surface area contributed by atoms with Crippen molar-refractivity contribution in [1.82, 2.24) is 5.32 Å². The summed E-state index contributed by atoms with van der Waals surface area (Å²) in [6.45, 7) is 1.46. The van der Waals surface area contributed by atoms with Crippen LogP contribution in [0.5, 0.6) is 5.75 Å². The Morgan fingerprint density at radius 1 is 1.14 bits per heavy atom. The summed E-state index contributed by atoms with van der Waals surface area (Å²) in [5.74, 6) is 1.71. The highest BCUT2D eigenvalue weighted by molar-refractivity contribution is 7.99. The van der Waals surface area contributed by atoms with Gasteiger partial charge in [0.15, 0.2) is 0 Å². The third-order valence-electron chi connectivity index (χ3n) is 2.78. The summed E-state index contributed by atoms with van der Waals surface area (Å²) in [4.78, 5) is 0.983. The van der Waals surface area contributed by atoms with E-state index >= 15 is 0 Å². The quantitative estimate of drug-likeness (QED) is 0.572. The van der Waals surface area contributed by atoms with E-state index in [1.807, 2.05) is 37.4 Å². The van der Waals surface area contributed by atoms with Gasteiger partial charge in [0, 0.05) is 22.2 Å². The first-order chi connectivity index (χ1) is 10.2. The second-order valence-electron chi connectivity index (χ2n) is 4.45. The van der Waals surface area contributed by atoms with Gasteiger partial charge in [-0.2, -0.15) is 0 Å². The van der Waals surface area contributed by atoms with Gasteiger partial charge in [-0.25, -0.2) is 0 Å². The van der Waals surface area contributed by atoms with Crippen molar-refractivity contribution in [2.24, 2.45) is 0 Å². The predicted molar refractivity (Wildman–Crippen MR) is 91.9 cm³/mol. The van der Waals surface area contributed by atoms with E-state index in [0.717, 1.165) is 28.0 Å². The maximum absolute atomic E-state index is 6.12. The molecular formula is C16H17Cl2NOS. The second kappa shape index (κ2) is 8.54. The lowest BCUT2D eigenvalue weighted by atomic mass is 10.2. The smallest absolute Gasteiger partial charge is 0.119 e. The summed E-state index contributed by atoms with van der Waals surface area (Å²) in [7, 11) is 1.93. The lowest BCUT2D eigenvalue weighted by Gasteiger charge is -2.09. The predicted octanol–water partition coefficient (Wildman–Crippen LogP) is 4.88. The highest BCUT2D eigenvalue weighted by Crippen LogP contribution is 2.29. The summed E-state index contributed by atoms with van der Waals surface area (Å²) in [5.41, 5.74) is 1.21. The molecule has 0 fully saturated rings. The van der Waals surface area contributed by atoms with Gasteiger partial charge in [-0.1, -0.05) is 35.3 Å². The molecular weight excluding hydrogens is 325 g/mol. The first-order valence-corrected chi connectivity index (χ1v) is 8.37. The SMILES string of the molecule is CNCc1cccc(OCCSc2cc(Cl)ccc2Cl)c1. The van der Waals surface area contributed by atoms with Gasteiger partial charge in [0.1, 0.15) is 5.75 Å². The lowest BCUT2D eigenvalue weighted by molar-refractivity contribution is 0.343. The van der Waals surface area contributed by atoms with Crippen molar-refractivity contribution < 1.29 is 4.74 Å². The van der Waals surface area contributed by atoms with E-state index in [0.29, 0.717) is 11.6 Å². The van der Waals surface area contributed by atoms with Crippen LogP contribution in [0.1, 0.15) is 5.56 Å². The fourth-order valence-electron chi connectivity index (χ4n) is 1.85. The van der Waals surface area contributed by atoms with Gasteiger partial charge in [-0.15, -0.1) is 11.8 Å². The van der Waals surface area contributed by atoms with Crippen LogP contribution in [-0.4, -0.2) is 19.4 Å². The Bertz CT molecular complexity index is 592. The number of nitrogens with one attached hydrogen (secondary N) is 1.